The molecule has 0 aliphatic heterocycles. The van der Waals surface area contributed by atoms with Crippen LogP contribution in [-0.4, -0.2) is 20.9 Å². The van der Waals surface area contributed by atoms with Crippen molar-refractivity contribution in [2.75, 3.05) is 5.32 Å². The molecule has 0 spiro atoms. The van der Waals surface area contributed by atoms with Gasteiger partial charge in [0, 0.05) is 17.5 Å². The fourth-order valence-corrected chi connectivity index (χ4v) is 3.19. The molecule has 0 fully saturated rings. The summed E-state index contributed by atoms with van der Waals surface area (Å²) in [6, 6.07) is 5.03. The monoisotopic (exact) mass is 328 g/mol. The summed E-state index contributed by atoms with van der Waals surface area (Å²) in [5.74, 6) is 0.215. The van der Waals surface area contributed by atoms with E-state index in [1.54, 1.807) is 23.6 Å². The van der Waals surface area contributed by atoms with Crippen LogP contribution >= 0.6 is 11.3 Å². The van der Waals surface area contributed by atoms with Crippen molar-refractivity contribution in [3.05, 3.63) is 51.0 Å². The van der Waals surface area contributed by atoms with Crippen molar-refractivity contribution >= 4 is 33.8 Å². The lowest BCUT2D eigenvalue weighted by Gasteiger charge is -2.04. The maximum absolute atomic E-state index is 12.3. The van der Waals surface area contributed by atoms with E-state index in [4.69, 9.17) is 0 Å². The molecule has 1 aromatic carbocycles. The lowest BCUT2D eigenvalue weighted by atomic mass is 10.1. The minimum Gasteiger partial charge on any atom is -0.321 e. The largest absolute Gasteiger partial charge is 0.321 e. The van der Waals surface area contributed by atoms with E-state index in [1.165, 1.54) is 17.7 Å². The highest BCUT2D eigenvalue weighted by Crippen LogP contribution is 2.17. The first kappa shape index (κ1) is 15.4. The Kier molecular flexibility index (Phi) is 4.20. The normalized spacial score (nSPS) is 11.1. The highest BCUT2D eigenvalue weighted by atomic mass is 32.1. The Labute approximate surface area is 136 Å². The summed E-state index contributed by atoms with van der Waals surface area (Å²) in [4.78, 5) is 35.0. The molecule has 0 bridgehead atoms. The van der Waals surface area contributed by atoms with Crippen LogP contribution in [0.2, 0.25) is 0 Å². The van der Waals surface area contributed by atoms with Crippen LogP contribution < -0.4 is 10.9 Å². The number of hydrogen-bond donors (Lipinski definition) is 2. The van der Waals surface area contributed by atoms with E-state index in [9.17, 15) is 9.59 Å². The number of aromatic amines is 1. The van der Waals surface area contributed by atoms with Crippen LogP contribution in [0, 0.1) is 5.92 Å². The Morgan fingerprint density at radius 3 is 3.00 bits per heavy atom. The quantitative estimate of drug-likeness (QED) is 0.771. The van der Waals surface area contributed by atoms with E-state index in [0.29, 0.717) is 28.2 Å². The molecule has 23 heavy (non-hydrogen) atoms. The van der Waals surface area contributed by atoms with E-state index >= 15 is 0 Å². The van der Waals surface area contributed by atoms with E-state index in [2.05, 4.69) is 34.1 Å². The van der Waals surface area contributed by atoms with Gasteiger partial charge in [-0.3, -0.25) is 9.59 Å². The zero-order chi connectivity index (χ0) is 16.4. The zero-order valence-corrected chi connectivity index (χ0v) is 13.6. The standard InChI is InChI=1S/C16H16N4O2S/c1-9(2)5-14-20-13(7-23-14)16(22)19-10-3-4-12-11(6-10)15(21)18-8-17-12/h3-4,6-9H,5H2,1-2H3,(H,19,22)(H,17,18,21). The molecule has 118 valence electrons. The second-order valence-corrected chi connectivity index (χ2v) is 6.58. The van der Waals surface area contributed by atoms with Crippen molar-refractivity contribution in [3.8, 4) is 0 Å². The molecule has 0 saturated carbocycles. The van der Waals surface area contributed by atoms with Crippen LogP contribution in [-0.2, 0) is 6.42 Å². The number of aromatic nitrogens is 3. The van der Waals surface area contributed by atoms with Gasteiger partial charge in [0.05, 0.1) is 22.2 Å². The van der Waals surface area contributed by atoms with Gasteiger partial charge < -0.3 is 10.3 Å². The van der Waals surface area contributed by atoms with Gasteiger partial charge in [-0.2, -0.15) is 0 Å². The van der Waals surface area contributed by atoms with Gasteiger partial charge >= 0.3 is 0 Å². The average Bonchev–Trinajstić information content (AvgIpc) is 2.96. The van der Waals surface area contributed by atoms with Crippen molar-refractivity contribution in [1.82, 2.24) is 15.0 Å². The molecule has 2 heterocycles. The van der Waals surface area contributed by atoms with Crippen molar-refractivity contribution in [2.24, 2.45) is 5.92 Å². The number of benzene rings is 1. The summed E-state index contributed by atoms with van der Waals surface area (Å²) in [6.07, 6.45) is 2.21. The topological polar surface area (TPSA) is 87.7 Å². The summed E-state index contributed by atoms with van der Waals surface area (Å²) < 4.78 is 0. The Morgan fingerprint density at radius 2 is 2.22 bits per heavy atom. The molecule has 1 amide bonds. The Hall–Kier alpha value is -2.54. The lowest BCUT2D eigenvalue weighted by molar-refractivity contribution is 0.102. The number of anilines is 1. The molecular weight excluding hydrogens is 312 g/mol. The molecular formula is C16H16N4O2S. The number of carbonyl (C=O) groups excluding carboxylic acids is 1. The summed E-state index contributed by atoms with van der Waals surface area (Å²) in [7, 11) is 0. The molecule has 0 atom stereocenters. The number of carbonyl (C=O) groups is 1. The second kappa shape index (κ2) is 6.29. The Bertz CT molecular complexity index is 914. The van der Waals surface area contributed by atoms with Gasteiger partial charge in [-0.25, -0.2) is 9.97 Å². The number of thiazole rings is 1. The van der Waals surface area contributed by atoms with Crippen LogP contribution in [0.25, 0.3) is 10.9 Å². The van der Waals surface area contributed by atoms with Crippen molar-refractivity contribution in [1.29, 1.82) is 0 Å². The van der Waals surface area contributed by atoms with Gasteiger partial charge in [0.2, 0.25) is 0 Å². The van der Waals surface area contributed by atoms with Crippen LogP contribution in [0.1, 0.15) is 29.3 Å². The Balaban J connectivity index is 1.81. The SMILES string of the molecule is CC(C)Cc1nc(C(=O)Nc2ccc3nc[nH]c(=O)c3c2)cs1. The predicted octanol–water partition coefficient (Wildman–Crippen LogP) is 2.83. The van der Waals surface area contributed by atoms with Crippen molar-refractivity contribution < 1.29 is 4.79 Å². The third-order valence-electron chi connectivity index (χ3n) is 3.27. The molecule has 3 aromatic rings. The first-order valence-corrected chi connectivity index (χ1v) is 8.14. The molecule has 0 aliphatic rings. The molecule has 2 N–H and O–H groups in total. The van der Waals surface area contributed by atoms with E-state index in [1.807, 2.05) is 0 Å². The van der Waals surface area contributed by atoms with E-state index < -0.39 is 0 Å². The molecule has 0 unspecified atom stereocenters. The van der Waals surface area contributed by atoms with Crippen LogP contribution in [0.15, 0.2) is 34.7 Å². The number of fused-ring (bicyclic) bond motifs is 1. The van der Waals surface area contributed by atoms with Gasteiger partial charge in [-0.15, -0.1) is 11.3 Å². The third kappa shape index (κ3) is 3.45. The van der Waals surface area contributed by atoms with Gasteiger partial charge in [0.25, 0.3) is 11.5 Å². The number of amides is 1. The zero-order valence-electron chi connectivity index (χ0n) is 12.8. The summed E-state index contributed by atoms with van der Waals surface area (Å²) in [6.45, 7) is 4.23. The molecule has 0 saturated heterocycles. The number of H-pyrrole nitrogens is 1. The molecule has 7 heteroatoms. The van der Waals surface area contributed by atoms with E-state index in [-0.39, 0.29) is 11.5 Å². The highest BCUT2D eigenvalue weighted by molar-refractivity contribution is 7.09. The van der Waals surface area contributed by atoms with Crippen molar-refractivity contribution in [2.45, 2.75) is 20.3 Å². The predicted molar refractivity (Wildman–Crippen MR) is 91.0 cm³/mol. The first-order chi connectivity index (χ1) is 11.0. The molecule has 0 radical (unpaired) electrons. The van der Waals surface area contributed by atoms with Gasteiger partial charge in [0.15, 0.2) is 0 Å². The maximum atomic E-state index is 12.3. The summed E-state index contributed by atoms with van der Waals surface area (Å²) in [5, 5.41) is 5.90. The smallest absolute Gasteiger partial charge is 0.275 e. The fraction of sp³-hybridized carbons (Fsp3) is 0.250. The number of hydrogen-bond acceptors (Lipinski definition) is 5. The second-order valence-electron chi connectivity index (χ2n) is 5.64. The lowest BCUT2D eigenvalue weighted by Crippen LogP contribution is -2.13. The number of nitrogens with one attached hydrogen (secondary N) is 2. The minimum atomic E-state index is -0.282. The molecule has 3 rings (SSSR count). The summed E-state index contributed by atoms with van der Waals surface area (Å²) in [5.41, 5.74) is 1.28. The maximum Gasteiger partial charge on any atom is 0.275 e. The van der Waals surface area contributed by atoms with Crippen LogP contribution in [0.3, 0.4) is 0 Å². The number of nitrogens with zero attached hydrogens (tertiary/aromatic N) is 2. The average molecular weight is 328 g/mol. The highest BCUT2D eigenvalue weighted by Gasteiger charge is 2.12. The first-order valence-electron chi connectivity index (χ1n) is 7.26. The molecule has 6 nitrogen and oxygen atoms in total. The Morgan fingerprint density at radius 1 is 1.39 bits per heavy atom. The fourth-order valence-electron chi connectivity index (χ4n) is 2.20. The summed E-state index contributed by atoms with van der Waals surface area (Å²) >= 11 is 1.48. The van der Waals surface area contributed by atoms with Crippen LogP contribution in [0.4, 0.5) is 5.69 Å². The van der Waals surface area contributed by atoms with Crippen LogP contribution in [0.5, 0.6) is 0 Å². The van der Waals surface area contributed by atoms with E-state index in [0.717, 1.165) is 11.4 Å². The van der Waals surface area contributed by atoms with Gasteiger partial charge in [-0.05, 0) is 24.1 Å². The van der Waals surface area contributed by atoms with Crippen molar-refractivity contribution in [3.63, 3.8) is 0 Å². The van der Waals surface area contributed by atoms with Gasteiger partial charge in [0.1, 0.15) is 5.69 Å². The van der Waals surface area contributed by atoms with Gasteiger partial charge in [-0.1, -0.05) is 13.8 Å². The minimum absolute atomic E-state index is 0.237. The molecule has 0 aliphatic carbocycles. The molecule has 2 aromatic heterocycles. The third-order valence-corrected chi connectivity index (χ3v) is 4.14. The number of rotatable bonds is 4.